The van der Waals surface area contributed by atoms with Gasteiger partial charge in [-0.3, -0.25) is 4.79 Å². The van der Waals surface area contributed by atoms with Gasteiger partial charge in [0.2, 0.25) is 15.2 Å². The summed E-state index contributed by atoms with van der Waals surface area (Å²) in [5, 5.41) is 17.6. The normalized spacial score (nSPS) is 12.3. The molecule has 0 saturated heterocycles. The molecule has 0 atom stereocenters. The number of nitrogens with one attached hydrogen (secondary N) is 1. The molecule has 0 aliphatic rings. The van der Waals surface area contributed by atoms with Gasteiger partial charge in [0.15, 0.2) is 5.65 Å². The van der Waals surface area contributed by atoms with Crippen molar-refractivity contribution in [2.24, 2.45) is 0 Å². The third-order valence-electron chi connectivity index (χ3n) is 3.83. The average molecular weight is 395 g/mol. The number of H-pyrrole nitrogens is 1. The molecule has 2 N–H and O–H groups in total. The monoisotopic (exact) mass is 395 g/mol. The molecule has 0 aliphatic heterocycles. The number of carbonyl (C=O) groups is 1. The minimum atomic E-state index is -3.58. The van der Waals surface area contributed by atoms with Crippen molar-refractivity contribution >= 4 is 49.8 Å². The molecule has 1 aromatic carbocycles. The minimum Gasteiger partial charge on any atom is -0.481 e. The van der Waals surface area contributed by atoms with Gasteiger partial charge in [-0.25, -0.2) is 13.4 Å². The van der Waals surface area contributed by atoms with Gasteiger partial charge < -0.3 is 10.1 Å². The molecule has 26 heavy (non-hydrogen) atoms. The van der Waals surface area contributed by atoms with Gasteiger partial charge >= 0.3 is 5.97 Å². The lowest BCUT2D eigenvalue weighted by atomic mass is 10.2. The number of benzene rings is 1. The van der Waals surface area contributed by atoms with Gasteiger partial charge in [0.05, 0.1) is 10.6 Å². The molecular formula is C15H17N5O4S2. The van der Waals surface area contributed by atoms with E-state index in [1.165, 1.54) is 4.31 Å². The maximum Gasteiger partial charge on any atom is 0.313 e. The quantitative estimate of drug-likeness (QED) is 0.579. The number of aliphatic carboxylic acids is 1. The van der Waals surface area contributed by atoms with Crippen LogP contribution < -0.4 is 0 Å². The summed E-state index contributed by atoms with van der Waals surface area (Å²) < 4.78 is 26.8. The van der Waals surface area contributed by atoms with Gasteiger partial charge in [-0.1, -0.05) is 25.6 Å². The van der Waals surface area contributed by atoms with Crippen molar-refractivity contribution in [3.8, 4) is 0 Å². The van der Waals surface area contributed by atoms with Crippen LogP contribution in [0.3, 0.4) is 0 Å². The van der Waals surface area contributed by atoms with Crippen LogP contribution in [0.25, 0.3) is 22.1 Å². The molecule has 0 fully saturated rings. The van der Waals surface area contributed by atoms with Crippen LogP contribution in [0, 0.1) is 0 Å². The van der Waals surface area contributed by atoms with Crippen molar-refractivity contribution in [2.45, 2.75) is 23.9 Å². The topological polar surface area (TPSA) is 129 Å². The summed E-state index contributed by atoms with van der Waals surface area (Å²) in [6, 6.07) is 4.76. The van der Waals surface area contributed by atoms with Crippen LogP contribution in [-0.4, -0.2) is 62.8 Å². The number of nitrogens with zero attached hydrogens (tertiary/aromatic N) is 4. The molecule has 3 aromatic rings. The Kier molecular flexibility index (Phi) is 5.12. The number of fused-ring (bicyclic) bond motifs is 3. The Morgan fingerprint density at radius 3 is 2.65 bits per heavy atom. The Balaban J connectivity index is 2.07. The molecule has 11 heteroatoms. The number of hydrogen-bond donors (Lipinski definition) is 2. The number of carboxylic acid groups (broad SMARTS) is 1. The van der Waals surface area contributed by atoms with Crippen LogP contribution in [0.2, 0.25) is 0 Å². The molecule has 0 spiro atoms. The number of thioether (sulfide) groups is 1. The lowest BCUT2D eigenvalue weighted by Gasteiger charge is -2.18. The van der Waals surface area contributed by atoms with Gasteiger partial charge in [-0.05, 0) is 18.2 Å². The zero-order valence-corrected chi connectivity index (χ0v) is 15.8. The second-order valence-electron chi connectivity index (χ2n) is 5.40. The summed E-state index contributed by atoms with van der Waals surface area (Å²) in [5.41, 5.74) is 1.55. The van der Waals surface area contributed by atoms with Crippen LogP contribution in [0.4, 0.5) is 0 Å². The Morgan fingerprint density at radius 2 is 2.00 bits per heavy atom. The molecule has 0 bridgehead atoms. The molecule has 0 unspecified atom stereocenters. The standard InChI is InChI=1S/C15H17N5O4S2/c1-3-20(4-2)26(23,24)9-5-6-11-10(7-9)13-14(16-11)17-15(19-18-13)25-8-12(21)22/h5-7H,3-4,8H2,1-2H3,(H,21,22)(H,16,17,19). The summed E-state index contributed by atoms with van der Waals surface area (Å²) in [6.45, 7) is 4.35. The molecule has 0 amide bonds. The summed E-state index contributed by atoms with van der Waals surface area (Å²) in [5.74, 6) is -1.14. The van der Waals surface area contributed by atoms with E-state index in [0.717, 1.165) is 11.8 Å². The van der Waals surface area contributed by atoms with Crippen molar-refractivity contribution < 1.29 is 18.3 Å². The Labute approximate surface area is 153 Å². The SMILES string of the molecule is CCN(CC)S(=O)(=O)c1ccc2[nH]c3nc(SCC(=O)O)nnc3c2c1. The Morgan fingerprint density at radius 1 is 1.27 bits per heavy atom. The van der Waals surface area contributed by atoms with Crippen molar-refractivity contribution in [1.29, 1.82) is 0 Å². The van der Waals surface area contributed by atoms with E-state index in [1.54, 1.807) is 32.0 Å². The van der Waals surface area contributed by atoms with E-state index in [4.69, 9.17) is 5.11 Å². The van der Waals surface area contributed by atoms with Crippen LogP contribution in [-0.2, 0) is 14.8 Å². The third kappa shape index (κ3) is 3.37. The number of hydrogen-bond acceptors (Lipinski definition) is 7. The molecule has 2 aromatic heterocycles. The largest absolute Gasteiger partial charge is 0.481 e. The number of aromatic nitrogens is 4. The van der Waals surface area contributed by atoms with E-state index in [1.807, 2.05) is 0 Å². The van der Waals surface area contributed by atoms with Crippen LogP contribution >= 0.6 is 11.8 Å². The number of sulfonamides is 1. The first-order valence-electron chi connectivity index (χ1n) is 7.87. The highest BCUT2D eigenvalue weighted by Crippen LogP contribution is 2.27. The zero-order chi connectivity index (χ0) is 18.9. The summed E-state index contributed by atoms with van der Waals surface area (Å²) >= 11 is 0.964. The highest BCUT2D eigenvalue weighted by molar-refractivity contribution is 7.99. The predicted molar refractivity (Wildman–Crippen MR) is 97.7 cm³/mol. The van der Waals surface area contributed by atoms with Crippen molar-refractivity contribution in [2.75, 3.05) is 18.8 Å². The molecule has 3 rings (SSSR count). The van der Waals surface area contributed by atoms with Crippen molar-refractivity contribution in [3.63, 3.8) is 0 Å². The first-order chi connectivity index (χ1) is 12.4. The van der Waals surface area contributed by atoms with E-state index < -0.39 is 16.0 Å². The van der Waals surface area contributed by atoms with E-state index >= 15 is 0 Å². The third-order valence-corrected chi connectivity index (χ3v) is 6.70. The van der Waals surface area contributed by atoms with E-state index in [0.29, 0.717) is 35.2 Å². The van der Waals surface area contributed by atoms with Crippen LogP contribution in [0.15, 0.2) is 28.3 Å². The first-order valence-corrected chi connectivity index (χ1v) is 10.3. The Bertz CT molecular complexity index is 1080. The molecule has 9 nitrogen and oxygen atoms in total. The molecule has 0 saturated carbocycles. The summed E-state index contributed by atoms with van der Waals surface area (Å²) in [6.07, 6.45) is 0. The fourth-order valence-corrected chi connectivity index (χ4v) is 4.59. The molecule has 0 radical (unpaired) electrons. The Hall–Kier alpha value is -2.24. The zero-order valence-electron chi connectivity index (χ0n) is 14.1. The van der Waals surface area contributed by atoms with Crippen molar-refractivity contribution in [1.82, 2.24) is 24.5 Å². The number of carboxylic acids is 1. The smallest absolute Gasteiger partial charge is 0.313 e. The van der Waals surface area contributed by atoms with Gasteiger partial charge in [0, 0.05) is 24.0 Å². The predicted octanol–water partition coefficient (Wildman–Crippen LogP) is 1.71. The van der Waals surface area contributed by atoms with E-state index in [9.17, 15) is 13.2 Å². The first kappa shape index (κ1) is 18.5. The maximum absolute atomic E-state index is 12.7. The fraction of sp³-hybridized carbons (Fsp3) is 0.333. The van der Waals surface area contributed by atoms with Gasteiger partial charge in [0.1, 0.15) is 5.52 Å². The van der Waals surface area contributed by atoms with Gasteiger partial charge in [0.25, 0.3) is 0 Å². The molecule has 0 aliphatic carbocycles. The van der Waals surface area contributed by atoms with Crippen LogP contribution in [0.1, 0.15) is 13.8 Å². The van der Waals surface area contributed by atoms with Crippen molar-refractivity contribution in [3.05, 3.63) is 18.2 Å². The average Bonchev–Trinajstić information content (AvgIpc) is 2.97. The summed E-state index contributed by atoms with van der Waals surface area (Å²) in [7, 11) is -3.58. The number of aromatic amines is 1. The maximum atomic E-state index is 12.7. The molecule has 138 valence electrons. The van der Waals surface area contributed by atoms with E-state index in [-0.39, 0.29) is 15.8 Å². The van der Waals surface area contributed by atoms with E-state index in [2.05, 4.69) is 20.2 Å². The summed E-state index contributed by atoms with van der Waals surface area (Å²) in [4.78, 5) is 18.1. The van der Waals surface area contributed by atoms with Gasteiger partial charge in [-0.15, -0.1) is 10.2 Å². The number of rotatable bonds is 7. The minimum absolute atomic E-state index is 0.167. The van der Waals surface area contributed by atoms with Gasteiger partial charge in [-0.2, -0.15) is 4.31 Å². The molecule has 2 heterocycles. The highest BCUT2D eigenvalue weighted by Gasteiger charge is 2.22. The fourth-order valence-electron chi connectivity index (χ4n) is 2.60. The molecular weight excluding hydrogens is 378 g/mol. The lowest BCUT2D eigenvalue weighted by Crippen LogP contribution is -2.30. The van der Waals surface area contributed by atoms with Crippen LogP contribution in [0.5, 0.6) is 0 Å². The highest BCUT2D eigenvalue weighted by atomic mass is 32.2. The lowest BCUT2D eigenvalue weighted by molar-refractivity contribution is -0.133. The second kappa shape index (κ2) is 7.17. The second-order valence-corrected chi connectivity index (χ2v) is 8.28.